The Morgan fingerprint density at radius 2 is 2.33 bits per heavy atom. The van der Waals surface area contributed by atoms with Crippen LogP contribution in [0.2, 0.25) is 5.15 Å². The first kappa shape index (κ1) is 10.2. The summed E-state index contributed by atoms with van der Waals surface area (Å²) in [6.07, 6.45) is 6.00. The number of nitrogens with zero attached hydrogens (tertiary/aromatic N) is 1. The van der Waals surface area contributed by atoms with Crippen LogP contribution in [0, 0.1) is 0 Å². The van der Waals surface area contributed by atoms with Crippen molar-refractivity contribution in [3.63, 3.8) is 0 Å². The van der Waals surface area contributed by atoms with Crippen LogP contribution in [-0.4, -0.2) is 4.98 Å². The molecule has 0 aliphatic heterocycles. The molecule has 2 nitrogen and oxygen atoms in total. The first-order valence-corrected chi connectivity index (χ1v) is 5.32. The molecule has 0 aromatic carbocycles. The molecule has 1 saturated carbocycles. The van der Waals surface area contributed by atoms with Gasteiger partial charge in [-0.25, -0.2) is 4.98 Å². The number of aromatic nitrogens is 1. The average molecular weight is 221 g/mol. The summed E-state index contributed by atoms with van der Waals surface area (Å²) in [6, 6.07) is 1.84. The Kier molecular flexibility index (Phi) is 2.78. The second-order valence-electron chi connectivity index (χ2n) is 3.72. The maximum absolute atomic E-state index is 5.86. The number of anilines is 1. The van der Waals surface area contributed by atoms with Crippen LogP contribution in [0.15, 0.2) is 37.2 Å². The lowest BCUT2D eigenvalue weighted by Gasteiger charge is -2.11. The predicted molar refractivity (Wildman–Crippen MR) is 64.2 cm³/mol. The fourth-order valence-electron chi connectivity index (χ4n) is 1.49. The third-order valence-corrected chi connectivity index (χ3v) is 2.67. The zero-order chi connectivity index (χ0) is 10.8. The lowest BCUT2D eigenvalue weighted by molar-refractivity contribution is 1.09. The van der Waals surface area contributed by atoms with Crippen LogP contribution >= 0.6 is 11.6 Å². The maximum atomic E-state index is 5.86. The molecule has 0 atom stereocenters. The van der Waals surface area contributed by atoms with Gasteiger partial charge >= 0.3 is 0 Å². The Labute approximate surface area is 94.7 Å². The summed E-state index contributed by atoms with van der Waals surface area (Å²) in [6.45, 7) is 7.49. The van der Waals surface area contributed by atoms with E-state index in [1.165, 1.54) is 18.4 Å². The molecule has 2 rings (SSSR count). The van der Waals surface area contributed by atoms with Gasteiger partial charge in [-0.1, -0.05) is 24.8 Å². The van der Waals surface area contributed by atoms with Gasteiger partial charge in [-0.2, -0.15) is 0 Å². The first-order valence-electron chi connectivity index (χ1n) is 4.94. The normalized spacial score (nSPS) is 14.7. The van der Waals surface area contributed by atoms with Crippen molar-refractivity contribution in [2.45, 2.75) is 18.8 Å². The van der Waals surface area contributed by atoms with E-state index in [4.69, 9.17) is 11.6 Å². The van der Waals surface area contributed by atoms with E-state index < -0.39 is 0 Å². The van der Waals surface area contributed by atoms with E-state index in [1.807, 2.05) is 12.3 Å². The molecular weight excluding hydrogens is 208 g/mol. The van der Waals surface area contributed by atoms with Crippen LogP contribution in [0.1, 0.15) is 24.3 Å². The van der Waals surface area contributed by atoms with E-state index in [-0.39, 0.29) is 0 Å². The van der Waals surface area contributed by atoms with Crippen LogP contribution in [-0.2, 0) is 0 Å². The molecule has 3 heteroatoms. The molecule has 1 heterocycles. The highest BCUT2D eigenvalue weighted by Crippen LogP contribution is 2.43. The average Bonchev–Trinajstić information content (AvgIpc) is 3.01. The zero-order valence-corrected chi connectivity index (χ0v) is 9.22. The Bertz CT molecular complexity index is 408. The van der Waals surface area contributed by atoms with Crippen molar-refractivity contribution in [1.82, 2.24) is 4.98 Å². The van der Waals surface area contributed by atoms with Gasteiger partial charge in [0.25, 0.3) is 0 Å². The number of rotatable bonds is 4. The summed E-state index contributed by atoms with van der Waals surface area (Å²) in [5.41, 5.74) is 3.00. The Morgan fingerprint density at radius 1 is 1.60 bits per heavy atom. The lowest BCUT2D eigenvalue weighted by Crippen LogP contribution is -1.99. The minimum Gasteiger partial charge on any atom is -0.356 e. The number of allylic oxidation sites excluding steroid dienone is 1. The minimum absolute atomic E-state index is 0.499. The molecule has 0 radical (unpaired) electrons. The summed E-state index contributed by atoms with van der Waals surface area (Å²) >= 11 is 5.86. The Hall–Kier alpha value is -1.28. The van der Waals surface area contributed by atoms with Crippen molar-refractivity contribution < 1.29 is 0 Å². The molecular formula is C12H13ClN2. The second kappa shape index (κ2) is 4.07. The quantitative estimate of drug-likeness (QED) is 0.618. The third-order valence-electron chi connectivity index (χ3n) is 2.46. The van der Waals surface area contributed by atoms with E-state index in [0.717, 1.165) is 11.4 Å². The zero-order valence-electron chi connectivity index (χ0n) is 8.46. The van der Waals surface area contributed by atoms with E-state index in [2.05, 4.69) is 23.5 Å². The monoisotopic (exact) mass is 220 g/mol. The van der Waals surface area contributed by atoms with Gasteiger partial charge in [0.15, 0.2) is 0 Å². The molecule has 1 fully saturated rings. The van der Waals surface area contributed by atoms with E-state index in [1.54, 1.807) is 6.08 Å². The van der Waals surface area contributed by atoms with Crippen LogP contribution < -0.4 is 5.32 Å². The van der Waals surface area contributed by atoms with Crippen molar-refractivity contribution in [3.8, 4) is 0 Å². The highest BCUT2D eigenvalue weighted by atomic mass is 35.5. The molecule has 0 amide bonds. The summed E-state index contributed by atoms with van der Waals surface area (Å²) in [5, 5.41) is 3.68. The van der Waals surface area contributed by atoms with Gasteiger partial charge < -0.3 is 5.32 Å². The minimum atomic E-state index is 0.499. The highest BCUT2D eigenvalue weighted by molar-refractivity contribution is 6.29. The molecule has 0 unspecified atom stereocenters. The van der Waals surface area contributed by atoms with Gasteiger partial charge in [-0.05, 0) is 36.5 Å². The summed E-state index contributed by atoms with van der Waals surface area (Å²) < 4.78 is 0. The van der Waals surface area contributed by atoms with E-state index in [0.29, 0.717) is 11.1 Å². The molecule has 0 saturated heterocycles. The number of pyridine rings is 1. The topological polar surface area (TPSA) is 24.9 Å². The molecule has 1 N–H and O–H groups in total. The Balaban J connectivity index is 2.29. The van der Waals surface area contributed by atoms with Crippen LogP contribution in [0.5, 0.6) is 0 Å². The summed E-state index contributed by atoms with van der Waals surface area (Å²) in [5.74, 6) is 0.634. The van der Waals surface area contributed by atoms with E-state index >= 15 is 0 Å². The fourth-order valence-corrected chi connectivity index (χ4v) is 1.65. The van der Waals surface area contributed by atoms with Gasteiger partial charge in [-0.15, -0.1) is 0 Å². The fraction of sp³-hybridized carbons (Fsp3) is 0.250. The van der Waals surface area contributed by atoms with Crippen molar-refractivity contribution in [3.05, 3.63) is 47.9 Å². The van der Waals surface area contributed by atoms with Crippen molar-refractivity contribution in [1.29, 1.82) is 0 Å². The maximum Gasteiger partial charge on any atom is 0.131 e. The predicted octanol–water partition coefficient (Wildman–Crippen LogP) is 3.72. The van der Waals surface area contributed by atoms with Crippen LogP contribution in [0.4, 0.5) is 5.69 Å². The van der Waals surface area contributed by atoms with Gasteiger partial charge in [0, 0.05) is 17.6 Å². The number of hydrogen-bond donors (Lipinski definition) is 1. The molecule has 78 valence electrons. The second-order valence-corrected chi connectivity index (χ2v) is 4.11. The van der Waals surface area contributed by atoms with E-state index in [9.17, 15) is 0 Å². The van der Waals surface area contributed by atoms with Crippen molar-refractivity contribution in [2.24, 2.45) is 0 Å². The molecule has 1 aromatic rings. The molecule has 1 aliphatic rings. The third kappa shape index (κ3) is 2.39. The smallest absolute Gasteiger partial charge is 0.131 e. The van der Waals surface area contributed by atoms with Gasteiger partial charge in [0.2, 0.25) is 0 Å². The summed E-state index contributed by atoms with van der Waals surface area (Å²) in [4.78, 5) is 4.10. The highest BCUT2D eigenvalue weighted by Gasteiger charge is 2.26. The van der Waals surface area contributed by atoms with Crippen LogP contribution in [0.25, 0.3) is 0 Å². The lowest BCUT2D eigenvalue weighted by atomic mass is 10.1. The molecule has 1 aromatic heterocycles. The number of halogens is 1. The van der Waals surface area contributed by atoms with Gasteiger partial charge in [-0.3, -0.25) is 0 Å². The molecule has 0 bridgehead atoms. The SMILES string of the molecule is C=CC(=C)Nc1cc(Cl)ncc1C1CC1. The van der Waals surface area contributed by atoms with Crippen molar-refractivity contribution in [2.75, 3.05) is 5.32 Å². The standard InChI is InChI=1S/C12H13ClN2/c1-3-8(2)15-11-6-12(13)14-7-10(11)9-4-5-9/h3,6-7,9H,1-2,4-5H2,(H,14,15). The first-order chi connectivity index (χ1) is 7.20. The summed E-state index contributed by atoms with van der Waals surface area (Å²) in [7, 11) is 0. The molecule has 0 spiro atoms. The largest absolute Gasteiger partial charge is 0.356 e. The Morgan fingerprint density at radius 3 is 2.93 bits per heavy atom. The van der Waals surface area contributed by atoms with Crippen molar-refractivity contribution >= 4 is 17.3 Å². The number of hydrogen-bond acceptors (Lipinski definition) is 2. The molecule has 15 heavy (non-hydrogen) atoms. The van der Waals surface area contributed by atoms with Crippen LogP contribution in [0.3, 0.4) is 0 Å². The van der Waals surface area contributed by atoms with Gasteiger partial charge in [0.1, 0.15) is 5.15 Å². The van der Waals surface area contributed by atoms with Gasteiger partial charge in [0.05, 0.1) is 0 Å². The molecule has 1 aliphatic carbocycles. The number of nitrogens with one attached hydrogen (secondary N) is 1.